The van der Waals surface area contributed by atoms with Crippen LogP contribution in [0.3, 0.4) is 0 Å². The van der Waals surface area contributed by atoms with Crippen molar-refractivity contribution in [1.82, 2.24) is 4.90 Å². The van der Waals surface area contributed by atoms with Gasteiger partial charge >= 0.3 is 0 Å². The molecule has 20 heavy (non-hydrogen) atoms. The van der Waals surface area contributed by atoms with Crippen LogP contribution in [0.25, 0.3) is 0 Å². The third-order valence-electron chi connectivity index (χ3n) is 4.29. The molecule has 2 rings (SSSR count). The van der Waals surface area contributed by atoms with Crippen LogP contribution in [-0.2, 0) is 0 Å². The highest BCUT2D eigenvalue weighted by Gasteiger charge is 2.24. The average Bonchev–Trinajstić information content (AvgIpc) is 2.40. The van der Waals surface area contributed by atoms with E-state index in [1.165, 1.54) is 12.5 Å². The van der Waals surface area contributed by atoms with Crippen molar-refractivity contribution >= 4 is 5.69 Å². The molecule has 4 heteroatoms. The number of halogens is 1. The molecule has 2 atom stereocenters. The van der Waals surface area contributed by atoms with E-state index >= 15 is 0 Å². The third-order valence-corrected chi connectivity index (χ3v) is 4.29. The van der Waals surface area contributed by atoms with Crippen LogP contribution in [0.5, 0.6) is 0 Å². The van der Waals surface area contributed by atoms with Crippen LogP contribution < -0.4 is 4.90 Å². The van der Waals surface area contributed by atoms with E-state index in [1.54, 1.807) is 13.8 Å². The van der Waals surface area contributed by atoms with Crippen LogP contribution in [-0.4, -0.2) is 43.2 Å². The summed E-state index contributed by atoms with van der Waals surface area (Å²) in [7, 11) is 4.17. The second-order valence-corrected chi connectivity index (χ2v) is 6.01. The lowest BCUT2D eigenvalue weighted by Gasteiger charge is -2.38. The van der Waals surface area contributed by atoms with Crippen molar-refractivity contribution in [1.29, 1.82) is 0 Å². The van der Waals surface area contributed by atoms with Crippen molar-refractivity contribution in [3.05, 3.63) is 29.1 Å². The zero-order valence-electron chi connectivity index (χ0n) is 12.9. The molecule has 1 aliphatic rings. The Hall–Kier alpha value is -1.13. The fourth-order valence-corrected chi connectivity index (χ4v) is 2.97. The van der Waals surface area contributed by atoms with E-state index in [1.807, 2.05) is 13.1 Å². The highest BCUT2D eigenvalue weighted by molar-refractivity contribution is 5.57. The number of rotatable bonds is 3. The van der Waals surface area contributed by atoms with Gasteiger partial charge in [0.05, 0.1) is 6.10 Å². The number of aliphatic hydroxyl groups is 1. The van der Waals surface area contributed by atoms with E-state index in [9.17, 15) is 9.50 Å². The first-order chi connectivity index (χ1) is 9.40. The molecule has 1 aliphatic heterocycles. The van der Waals surface area contributed by atoms with Crippen molar-refractivity contribution in [3.63, 3.8) is 0 Å². The van der Waals surface area contributed by atoms with Crippen molar-refractivity contribution in [2.24, 2.45) is 0 Å². The Balaban J connectivity index is 2.32. The Labute approximate surface area is 121 Å². The highest BCUT2D eigenvalue weighted by atomic mass is 19.1. The van der Waals surface area contributed by atoms with E-state index in [0.29, 0.717) is 17.2 Å². The van der Waals surface area contributed by atoms with Crippen molar-refractivity contribution < 1.29 is 9.50 Å². The van der Waals surface area contributed by atoms with Crippen molar-refractivity contribution in [3.8, 4) is 0 Å². The molecule has 1 aromatic rings. The zero-order valence-corrected chi connectivity index (χ0v) is 12.9. The molecule has 0 radical (unpaired) electrons. The fraction of sp³-hybridized carbons (Fsp3) is 0.625. The second-order valence-electron chi connectivity index (χ2n) is 6.01. The zero-order chi connectivity index (χ0) is 14.9. The predicted molar refractivity (Wildman–Crippen MR) is 80.7 cm³/mol. The Bertz CT molecular complexity index is 476. The number of likely N-dealkylation sites (tertiary alicyclic amines) is 1. The number of hydrogen-bond acceptors (Lipinski definition) is 3. The van der Waals surface area contributed by atoms with E-state index in [2.05, 4.69) is 16.8 Å². The summed E-state index contributed by atoms with van der Waals surface area (Å²) >= 11 is 0. The van der Waals surface area contributed by atoms with Gasteiger partial charge in [-0.3, -0.25) is 0 Å². The molecule has 0 spiro atoms. The summed E-state index contributed by atoms with van der Waals surface area (Å²) in [5.41, 5.74) is 2.24. The summed E-state index contributed by atoms with van der Waals surface area (Å²) in [6.07, 6.45) is 1.65. The topological polar surface area (TPSA) is 26.7 Å². The Kier molecular flexibility index (Phi) is 4.66. The lowest BCUT2D eigenvalue weighted by molar-refractivity contribution is 0.198. The summed E-state index contributed by atoms with van der Waals surface area (Å²) < 4.78 is 13.7. The van der Waals surface area contributed by atoms with Gasteiger partial charge in [-0.2, -0.15) is 0 Å². The maximum absolute atomic E-state index is 13.7. The number of hydrogen-bond donors (Lipinski definition) is 1. The lowest BCUT2D eigenvalue weighted by Crippen LogP contribution is -2.45. The molecule has 1 saturated heterocycles. The summed E-state index contributed by atoms with van der Waals surface area (Å²) in [4.78, 5) is 4.52. The van der Waals surface area contributed by atoms with E-state index < -0.39 is 6.10 Å². The molecule has 0 aliphatic carbocycles. The first-order valence-electron chi connectivity index (χ1n) is 7.29. The van der Waals surface area contributed by atoms with Crippen LogP contribution in [0.15, 0.2) is 12.1 Å². The summed E-state index contributed by atoms with van der Waals surface area (Å²) in [5, 5.41) is 9.92. The summed E-state index contributed by atoms with van der Waals surface area (Å²) in [6.45, 7) is 5.60. The highest BCUT2D eigenvalue weighted by Crippen LogP contribution is 2.31. The predicted octanol–water partition coefficient (Wildman–Crippen LogP) is 2.72. The molecule has 0 saturated carbocycles. The molecule has 0 bridgehead atoms. The SMILES string of the molecule is Cc1cc(N(C)C2CCCN(C)C2)c([C@H](C)O)cc1F. The van der Waals surface area contributed by atoms with Gasteiger partial charge < -0.3 is 14.9 Å². The largest absolute Gasteiger partial charge is 0.389 e. The van der Waals surface area contributed by atoms with Crippen LogP contribution in [0.2, 0.25) is 0 Å². The fourth-order valence-electron chi connectivity index (χ4n) is 2.97. The van der Waals surface area contributed by atoms with Gasteiger partial charge in [-0.05, 0) is 58.0 Å². The third kappa shape index (κ3) is 3.13. The summed E-state index contributed by atoms with van der Waals surface area (Å²) in [5.74, 6) is -0.251. The molecule has 0 amide bonds. The number of nitrogens with zero attached hydrogens (tertiary/aromatic N) is 2. The van der Waals surface area contributed by atoms with Gasteiger partial charge in [-0.15, -0.1) is 0 Å². The number of anilines is 1. The van der Waals surface area contributed by atoms with Crippen LogP contribution in [0.4, 0.5) is 10.1 Å². The lowest BCUT2D eigenvalue weighted by atomic mass is 10.00. The van der Waals surface area contributed by atoms with Crippen LogP contribution in [0.1, 0.15) is 37.0 Å². The minimum absolute atomic E-state index is 0.251. The van der Waals surface area contributed by atoms with E-state index in [0.717, 1.165) is 25.2 Å². The molecule has 0 aromatic heterocycles. The van der Waals surface area contributed by atoms with Gasteiger partial charge in [-0.25, -0.2) is 4.39 Å². The Morgan fingerprint density at radius 3 is 2.75 bits per heavy atom. The van der Waals surface area contributed by atoms with E-state index in [4.69, 9.17) is 0 Å². The minimum atomic E-state index is -0.663. The van der Waals surface area contributed by atoms with Crippen LogP contribution in [0, 0.1) is 12.7 Å². The van der Waals surface area contributed by atoms with E-state index in [-0.39, 0.29) is 5.82 Å². The van der Waals surface area contributed by atoms with Gasteiger partial charge in [-0.1, -0.05) is 0 Å². The van der Waals surface area contributed by atoms with Gasteiger partial charge in [0.2, 0.25) is 0 Å². The van der Waals surface area contributed by atoms with Gasteiger partial charge in [0.15, 0.2) is 0 Å². The summed E-state index contributed by atoms with van der Waals surface area (Å²) in [6, 6.07) is 3.74. The molecule has 1 heterocycles. The first-order valence-corrected chi connectivity index (χ1v) is 7.29. The number of benzene rings is 1. The van der Waals surface area contributed by atoms with Crippen LogP contribution >= 0.6 is 0 Å². The standard InChI is InChI=1S/C16H25FN2O/c1-11-8-16(14(12(2)20)9-15(11)17)19(4)13-6-5-7-18(3)10-13/h8-9,12-13,20H,5-7,10H2,1-4H3/t12-,13?/m0/s1. The molecule has 112 valence electrons. The normalized spacial score (nSPS) is 21.8. The Morgan fingerprint density at radius 1 is 1.45 bits per heavy atom. The molecular formula is C16H25FN2O. The molecule has 1 aromatic carbocycles. The number of piperidine rings is 1. The minimum Gasteiger partial charge on any atom is -0.389 e. The first kappa shape index (κ1) is 15.3. The molecular weight excluding hydrogens is 255 g/mol. The molecule has 1 N–H and O–H groups in total. The van der Waals surface area contributed by atoms with Crippen molar-refractivity contribution in [2.45, 2.75) is 38.8 Å². The van der Waals surface area contributed by atoms with Gasteiger partial charge in [0, 0.05) is 30.9 Å². The van der Waals surface area contributed by atoms with Gasteiger partial charge in [0.25, 0.3) is 0 Å². The average molecular weight is 280 g/mol. The molecule has 3 nitrogen and oxygen atoms in total. The quantitative estimate of drug-likeness (QED) is 0.922. The molecule has 1 fully saturated rings. The monoisotopic (exact) mass is 280 g/mol. The number of likely N-dealkylation sites (N-methyl/N-ethyl adjacent to an activating group) is 2. The van der Waals surface area contributed by atoms with Crippen molar-refractivity contribution in [2.75, 3.05) is 32.1 Å². The smallest absolute Gasteiger partial charge is 0.126 e. The maximum atomic E-state index is 13.7. The van der Waals surface area contributed by atoms with Gasteiger partial charge in [0.1, 0.15) is 5.82 Å². The Morgan fingerprint density at radius 2 is 2.15 bits per heavy atom. The number of aryl methyl sites for hydroxylation is 1. The second kappa shape index (κ2) is 6.10. The maximum Gasteiger partial charge on any atom is 0.126 e. The number of aliphatic hydroxyl groups excluding tert-OH is 1. The molecule has 1 unspecified atom stereocenters.